The number of ether oxygens (including phenoxy) is 1. The Morgan fingerprint density at radius 1 is 1.26 bits per heavy atom. The average Bonchev–Trinajstić information content (AvgIpc) is 2.25. The van der Waals surface area contributed by atoms with Crippen LogP contribution in [0.25, 0.3) is 0 Å². The summed E-state index contributed by atoms with van der Waals surface area (Å²) in [6, 6.07) is 3.50. The molecule has 0 bridgehead atoms. The summed E-state index contributed by atoms with van der Waals surface area (Å²) in [5.74, 6) is -0.537. The van der Waals surface area contributed by atoms with Gasteiger partial charge in [-0.1, -0.05) is 20.8 Å². The number of benzene rings is 1. The molecule has 0 atom stereocenters. The van der Waals surface area contributed by atoms with Crippen molar-refractivity contribution in [1.29, 1.82) is 0 Å². The fraction of sp³-hybridized carbons (Fsp3) is 0.429. The Bertz CT molecular complexity index is 516. The minimum atomic E-state index is -0.588. The number of nitrogens with one attached hydrogen (secondary N) is 1. The van der Waals surface area contributed by atoms with E-state index in [-0.39, 0.29) is 22.6 Å². The summed E-state index contributed by atoms with van der Waals surface area (Å²) >= 11 is 0. The molecular weight excluding hydrogens is 244 g/mol. The third-order valence-electron chi connectivity index (χ3n) is 2.74. The van der Waals surface area contributed by atoms with E-state index in [2.05, 4.69) is 5.32 Å². The molecule has 0 heterocycles. The normalized spacial score (nSPS) is 11.0. The Kier molecular flexibility index (Phi) is 4.19. The van der Waals surface area contributed by atoms with Gasteiger partial charge < -0.3 is 15.8 Å². The lowest BCUT2D eigenvalue weighted by molar-refractivity contribution is -0.114. The molecule has 0 saturated carbocycles. The van der Waals surface area contributed by atoms with Crippen LogP contribution in [0.15, 0.2) is 12.1 Å². The van der Waals surface area contributed by atoms with E-state index in [1.807, 2.05) is 20.8 Å². The molecule has 1 aromatic rings. The van der Waals surface area contributed by atoms with Crippen molar-refractivity contribution in [3.05, 3.63) is 23.3 Å². The molecule has 1 aromatic carbocycles. The summed E-state index contributed by atoms with van der Waals surface area (Å²) in [7, 11) is 1.43. The van der Waals surface area contributed by atoms with Gasteiger partial charge in [-0.25, -0.2) is 0 Å². The Morgan fingerprint density at radius 3 is 2.21 bits per heavy atom. The second kappa shape index (κ2) is 5.30. The SMILES string of the molecule is COc1c(NC(C)=O)cc(C(C)(C)C)cc1C(N)=O. The first-order valence-corrected chi connectivity index (χ1v) is 5.96. The Labute approximate surface area is 113 Å². The number of methoxy groups -OCH3 is 1. The van der Waals surface area contributed by atoms with Crippen LogP contribution >= 0.6 is 0 Å². The summed E-state index contributed by atoms with van der Waals surface area (Å²) in [6.07, 6.45) is 0. The van der Waals surface area contributed by atoms with Gasteiger partial charge in [0.2, 0.25) is 5.91 Å². The van der Waals surface area contributed by atoms with Crippen LogP contribution < -0.4 is 15.8 Å². The molecule has 1 rings (SSSR count). The Balaban J connectivity index is 3.54. The minimum Gasteiger partial charge on any atom is -0.494 e. The molecule has 5 nitrogen and oxygen atoms in total. The van der Waals surface area contributed by atoms with Crippen LogP contribution in [-0.4, -0.2) is 18.9 Å². The highest BCUT2D eigenvalue weighted by molar-refractivity contribution is 6.00. The van der Waals surface area contributed by atoms with E-state index in [1.54, 1.807) is 12.1 Å². The fourth-order valence-corrected chi connectivity index (χ4v) is 1.75. The zero-order valence-electron chi connectivity index (χ0n) is 12.0. The van der Waals surface area contributed by atoms with Gasteiger partial charge in [0.15, 0.2) is 5.75 Å². The van der Waals surface area contributed by atoms with Gasteiger partial charge in [-0.05, 0) is 23.1 Å². The van der Waals surface area contributed by atoms with Crippen LogP contribution in [-0.2, 0) is 10.2 Å². The maximum Gasteiger partial charge on any atom is 0.252 e. The number of hydrogen-bond acceptors (Lipinski definition) is 3. The van der Waals surface area contributed by atoms with Crippen molar-refractivity contribution >= 4 is 17.5 Å². The summed E-state index contributed by atoms with van der Waals surface area (Å²) < 4.78 is 5.19. The molecule has 0 spiro atoms. The minimum absolute atomic E-state index is 0.177. The van der Waals surface area contributed by atoms with E-state index < -0.39 is 5.91 Å². The number of hydrogen-bond donors (Lipinski definition) is 2. The molecule has 2 amide bonds. The lowest BCUT2D eigenvalue weighted by Gasteiger charge is -2.22. The van der Waals surface area contributed by atoms with Crippen molar-refractivity contribution in [2.45, 2.75) is 33.1 Å². The highest BCUT2D eigenvalue weighted by Crippen LogP contribution is 2.35. The standard InChI is InChI=1S/C14H20N2O3/c1-8(17)16-11-7-9(14(2,3)4)6-10(13(15)18)12(11)19-5/h6-7H,1-5H3,(H2,15,18)(H,16,17). The van der Waals surface area contributed by atoms with Gasteiger partial charge in [0.05, 0.1) is 18.4 Å². The maximum absolute atomic E-state index is 11.5. The van der Waals surface area contributed by atoms with Crippen LogP contribution in [0.2, 0.25) is 0 Å². The summed E-state index contributed by atoms with van der Waals surface area (Å²) in [4.78, 5) is 22.8. The van der Waals surface area contributed by atoms with E-state index in [1.165, 1.54) is 14.0 Å². The number of anilines is 1. The average molecular weight is 264 g/mol. The summed E-state index contributed by atoms with van der Waals surface area (Å²) in [6.45, 7) is 7.43. The predicted octanol–water partition coefficient (Wildman–Crippen LogP) is 2.05. The van der Waals surface area contributed by atoms with Crippen LogP contribution in [0.4, 0.5) is 5.69 Å². The summed E-state index contributed by atoms with van der Waals surface area (Å²) in [5, 5.41) is 2.66. The Morgan fingerprint density at radius 2 is 1.84 bits per heavy atom. The molecule has 104 valence electrons. The molecule has 0 fully saturated rings. The number of primary amides is 1. The van der Waals surface area contributed by atoms with Gasteiger partial charge in [-0.15, -0.1) is 0 Å². The second-order valence-electron chi connectivity index (χ2n) is 5.40. The molecule has 0 aliphatic carbocycles. The number of amides is 2. The topological polar surface area (TPSA) is 81.4 Å². The monoisotopic (exact) mass is 264 g/mol. The number of carbonyl (C=O) groups is 2. The molecule has 0 saturated heterocycles. The first kappa shape index (κ1) is 15.0. The van der Waals surface area contributed by atoms with E-state index in [0.717, 1.165) is 5.56 Å². The smallest absolute Gasteiger partial charge is 0.252 e. The second-order valence-corrected chi connectivity index (χ2v) is 5.40. The van der Waals surface area contributed by atoms with E-state index in [4.69, 9.17) is 10.5 Å². The largest absolute Gasteiger partial charge is 0.494 e. The number of nitrogens with two attached hydrogens (primary N) is 1. The molecule has 19 heavy (non-hydrogen) atoms. The molecule has 0 unspecified atom stereocenters. The van der Waals surface area contributed by atoms with Gasteiger partial charge in [0.25, 0.3) is 5.91 Å². The third kappa shape index (κ3) is 3.47. The van der Waals surface area contributed by atoms with Crippen molar-refractivity contribution < 1.29 is 14.3 Å². The number of carbonyl (C=O) groups excluding carboxylic acids is 2. The van der Waals surface area contributed by atoms with Crippen molar-refractivity contribution in [3.8, 4) is 5.75 Å². The maximum atomic E-state index is 11.5. The zero-order chi connectivity index (χ0) is 14.8. The molecule has 3 N–H and O–H groups in total. The Hall–Kier alpha value is -2.04. The van der Waals surface area contributed by atoms with Crippen molar-refractivity contribution in [3.63, 3.8) is 0 Å². The van der Waals surface area contributed by atoms with Crippen LogP contribution in [0.3, 0.4) is 0 Å². The first-order chi connectivity index (χ1) is 8.66. The van der Waals surface area contributed by atoms with Crippen LogP contribution in [0.1, 0.15) is 43.6 Å². The zero-order valence-corrected chi connectivity index (χ0v) is 12.0. The summed E-state index contributed by atoms with van der Waals surface area (Å²) in [5.41, 5.74) is 6.81. The molecule has 0 aromatic heterocycles. The quantitative estimate of drug-likeness (QED) is 0.876. The van der Waals surface area contributed by atoms with Gasteiger partial charge >= 0.3 is 0 Å². The van der Waals surface area contributed by atoms with E-state index in [0.29, 0.717) is 5.69 Å². The third-order valence-corrected chi connectivity index (χ3v) is 2.74. The van der Waals surface area contributed by atoms with E-state index >= 15 is 0 Å². The highest BCUT2D eigenvalue weighted by atomic mass is 16.5. The van der Waals surface area contributed by atoms with Gasteiger partial charge in [-0.3, -0.25) is 9.59 Å². The van der Waals surface area contributed by atoms with Crippen molar-refractivity contribution in [2.75, 3.05) is 12.4 Å². The molecule has 0 aliphatic rings. The van der Waals surface area contributed by atoms with Crippen molar-refractivity contribution in [2.24, 2.45) is 5.73 Å². The van der Waals surface area contributed by atoms with Crippen molar-refractivity contribution in [1.82, 2.24) is 0 Å². The lowest BCUT2D eigenvalue weighted by atomic mass is 9.85. The first-order valence-electron chi connectivity index (χ1n) is 5.96. The van der Waals surface area contributed by atoms with Crippen LogP contribution in [0, 0.1) is 0 Å². The highest BCUT2D eigenvalue weighted by Gasteiger charge is 2.22. The molecule has 0 radical (unpaired) electrons. The molecular formula is C14H20N2O3. The van der Waals surface area contributed by atoms with E-state index in [9.17, 15) is 9.59 Å². The number of rotatable bonds is 3. The molecule has 5 heteroatoms. The van der Waals surface area contributed by atoms with Crippen LogP contribution in [0.5, 0.6) is 5.75 Å². The van der Waals surface area contributed by atoms with Gasteiger partial charge in [-0.2, -0.15) is 0 Å². The van der Waals surface area contributed by atoms with Gasteiger partial charge in [0.1, 0.15) is 0 Å². The lowest BCUT2D eigenvalue weighted by Crippen LogP contribution is -2.19. The van der Waals surface area contributed by atoms with Gasteiger partial charge in [0, 0.05) is 6.92 Å². The fourth-order valence-electron chi connectivity index (χ4n) is 1.75. The predicted molar refractivity (Wildman–Crippen MR) is 74.5 cm³/mol. The molecule has 0 aliphatic heterocycles.